The molecule has 2 atom stereocenters. The number of hydrogen-bond donors (Lipinski definition) is 3. The molecule has 11 heteroatoms. The second kappa shape index (κ2) is 9.80. The van der Waals surface area contributed by atoms with Gasteiger partial charge in [0.05, 0.1) is 34.7 Å². The zero-order valence-corrected chi connectivity index (χ0v) is 19.7. The number of nitrogens with one attached hydrogen (secondary N) is 3. The van der Waals surface area contributed by atoms with Crippen molar-refractivity contribution in [3.8, 4) is 5.75 Å². The van der Waals surface area contributed by atoms with Gasteiger partial charge in [0.2, 0.25) is 5.91 Å². The summed E-state index contributed by atoms with van der Waals surface area (Å²) in [6.45, 7) is 1.90. The lowest BCUT2D eigenvalue weighted by Crippen LogP contribution is -2.42. The first-order valence-electron chi connectivity index (χ1n) is 10.9. The summed E-state index contributed by atoms with van der Waals surface area (Å²) in [7, 11) is 1.46. The molecule has 2 aliphatic rings. The molecule has 6 nitrogen and oxygen atoms in total. The number of carbonyl (C=O) groups excluding carboxylic acids is 2. The Morgan fingerprint density at radius 1 is 1.17 bits per heavy atom. The largest absolute Gasteiger partial charge is 0.496 e. The number of carbonyl (C=O) groups is 2. The maximum atomic E-state index is 13.6. The lowest BCUT2D eigenvalue weighted by Gasteiger charge is -2.24. The van der Waals surface area contributed by atoms with Gasteiger partial charge < -0.3 is 20.7 Å². The first-order valence-corrected chi connectivity index (χ1v) is 11.8. The Morgan fingerprint density at radius 2 is 1.94 bits per heavy atom. The number of ether oxygens (including phenoxy) is 1. The summed E-state index contributed by atoms with van der Waals surface area (Å²) >= 11 is 1.39. The van der Waals surface area contributed by atoms with E-state index in [-0.39, 0.29) is 5.69 Å². The Hall–Kier alpha value is -3.21. The average molecular weight is 510 g/mol. The monoisotopic (exact) mass is 509 g/mol. The normalized spacial score (nSPS) is 19.3. The number of anilines is 2. The molecule has 1 unspecified atom stereocenters. The molecule has 0 bridgehead atoms. The molecule has 3 N–H and O–H groups in total. The number of hydrogen-bond acceptors (Lipinski definition) is 5. The van der Waals surface area contributed by atoms with Crippen molar-refractivity contribution in [1.82, 2.24) is 5.32 Å². The van der Waals surface area contributed by atoms with E-state index in [1.54, 1.807) is 6.07 Å². The van der Waals surface area contributed by atoms with Crippen LogP contribution in [-0.4, -0.2) is 25.0 Å². The predicted molar refractivity (Wildman–Crippen MR) is 125 cm³/mol. The van der Waals surface area contributed by atoms with Crippen LogP contribution in [0.5, 0.6) is 5.75 Å². The molecule has 0 saturated heterocycles. The van der Waals surface area contributed by atoms with E-state index in [4.69, 9.17) is 4.74 Å². The maximum Gasteiger partial charge on any atom is 0.419 e. The van der Waals surface area contributed by atoms with E-state index in [1.165, 1.54) is 18.9 Å². The molecule has 1 aliphatic heterocycles. The molecule has 35 heavy (non-hydrogen) atoms. The molecule has 1 fully saturated rings. The van der Waals surface area contributed by atoms with Crippen LogP contribution >= 0.6 is 11.8 Å². The molecule has 0 aromatic heterocycles. The number of methoxy groups -OCH3 is 1. The smallest absolute Gasteiger partial charge is 0.419 e. The average Bonchev–Trinajstić information content (AvgIpc) is 3.26. The minimum atomic E-state index is -4.89. The fraction of sp³-hybridized carbons (Fsp3) is 0.333. The molecule has 1 aliphatic carbocycles. The summed E-state index contributed by atoms with van der Waals surface area (Å²) < 4.78 is 58.0. The van der Waals surface area contributed by atoms with E-state index >= 15 is 0 Å². The Morgan fingerprint density at radius 3 is 2.66 bits per heavy atom. The van der Waals surface area contributed by atoms with Gasteiger partial charge in [0, 0.05) is 17.4 Å². The summed E-state index contributed by atoms with van der Waals surface area (Å²) in [6.07, 6.45) is -3.25. The lowest BCUT2D eigenvalue weighted by molar-refractivity contribution is -0.140. The topological polar surface area (TPSA) is 79.5 Å². The minimum Gasteiger partial charge on any atom is -0.496 e. The molecule has 2 aromatic carbocycles. The Bertz CT molecular complexity index is 1200. The third-order valence-corrected chi connectivity index (χ3v) is 7.09. The first-order chi connectivity index (χ1) is 16.6. The van der Waals surface area contributed by atoms with Crippen molar-refractivity contribution < 1.29 is 31.9 Å². The molecule has 1 saturated carbocycles. The second-order valence-corrected chi connectivity index (χ2v) is 9.24. The van der Waals surface area contributed by atoms with Crippen LogP contribution in [0, 0.1) is 11.7 Å². The van der Waals surface area contributed by atoms with Crippen molar-refractivity contribution in [3.63, 3.8) is 0 Å². The summed E-state index contributed by atoms with van der Waals surface area (Å²) in [6, 6.07) is 5.29. The van der Waals surface area contributed by atoms with Gasteiger partial charge >= 0.3 is 6.18 Å². The van der Waals surface area contributed by atoms with Gasteiger partial charge in [-0.1, -0.05) is 18.2 Å². The zero-order valence-electron chi connectivity index (χ0n) is 18.9. The number of fused-ring (bicyclic) bond motifs is 1. The third-order valence-electron chi connectivity index (χ3n) is 5.96. The highest BCUT2D eigenvalue weighted by molar-refractivity contribution is 8.02. The van der Waals surface area contributed by atoms with Crippen molar-refractivity contribution >= 4 is 35.0 Å². The summed E-state index contributed by atoms with van der Waals surface area (Å²) in [5.41, 5.74) is 0.414. The minimum absolute atomic E-state index is 0.163. The standard InChI is InChI=1S/C24H23F4N3O3S/c1-12-11-35-21-18(29-12)8-9-19(34-2)20(21)23(33)31-17-5-3-4-14(17)22(32)30-13-6-7-16(25)15(10-13)24(26,27)28/h6-11,14,17,29H,3-5H2,1-2H3,(H,30,32)(H,31,33)/t14-,17?/m0/s1. The van der Waals surface area contributed by atoms with Gasteiger partial charge in [-0.15, -0.1) is 0 Å². The van der Waals surface area contributed by atoms with E-state index in [0.717, 1.165) is 17.5 Å². The maximum absolute atomic E-state index is 13.6. The van der Waals surface area contributed by atoms with Crippen LogP contribution in [0.15, 0.2) is 46.3 Å². The summed E-state index contributed by atoms with van der Waals surface area (Å²) in [5, 5.41) is 10.4. The highest BCUT2D eigenvalue weighted by Gasteiger charge is 2.37. The number of thioether (sulfide) groups is 1. The molecule has 0 spiro atoms. The molecule has 0 radical (unpaired) electrons. The number of rotatable bonds is 5. The molecule has 4 rings (SSSR count). The SMILES string of the molecule is COc1ccc2c(c1C(=O)NC1CCC[C@@H]1C(=O)Nc1ccc(F)c(C(F)(F)F)c1)SC=C(C)N2. The number of amides is 2. The number of alkyl halides is 3. The molecule has 2 amide bonds. The van der Waals surface area contributed by atoms with Crippen LogP contribution in [0.4, 0.5) is 28.9 Å². The highest BCUT2D eigenvalue weighted by Crippen LogP contribution is 2.41. The van der Waals surface area contributed by atoms with E-state index < -0.39 is 41.3 Å². The summed E-state index contributed by atoms with van der Waals surface area (Å²) in [5.74, 6) is -2.64. The molecular formula is C24H23F4N3O3S. The predicted octanol–water partition coefficient (Wildman–Crippen LogP) is 5.77. The quantitative estimate of drug-likeness (QED) is 0.446. The lowest BCUT2D eigenvalue weighted by atomic mass is 10.0. The number of benzene rings is 2. The van der Waals surface area contributed by atoms with Crippen molar-refractivity contribution in [2.45, 2.75) is 43.3 Å². The van der Waals surface area contributed by atoms with E-state index in [9.17, 15) is 27.2 Å². The highest BCUT2D eigenvalue weighted by atomic mass is 32.2. The first kappa shape index (κ1) is 24.9. The molecule has 2 aromatic rings. The van der Waals surface area contributed by atoms with Gasteiger partial charge in [-0.2, -0.15) is 13.2 Å². The molecular weight excluding hydrogens is 486 g/mol. The van der Waals surface area contributed by atoms with Crippen LogP contribution < -0.4 is 20.7 Å². The van der Waals surface area contributed by atoms with E-state index in [2.05, 4.69) is 16.0 Å². The molecule has 1 heterocycles. The zero-order chi connectivity index (χ0) is 25.3. The van der Waals surface area contributed by atoms with Gasteiger partial charge in [0.15, 0.2) is 0 Å². The van der Waals surface area contributed by atoms with E-state index in [0.29, 0.717) is 47.6 Å². The third kappa shape index (κ3) is 5.24. The van der Waals surface area contributed by atoms with Gasteiger partial charge in [-0.25, -0.2) is 4.39 Å². The van der Waals surface area contributed by atoms with Crippen LogP contribution in [0.1, 0.15) is 42.1 Å². The van der Waals surface area contributed by atoms with Crippen LogP contribution in [0.25, 0.3) is 0 Å². The van der Waals surface area contributed by atoms with Crippen LogP contribution in [-0.2, 0) is 11.0 Å². The van der Waals surface area contributed by atoms with Gasteiger partial charge in [-0.3, -0.25) is 9.59 Å². The van der Waals surface area contributed by atoms with Crippen molar-refractivity contribution in [2.24, 2.45) is 5.92 Å². The van der Waals surface area contributed by atoms with Crippen molar-refractivity contribution in [3.05, 3.63) is 58.4 Å². The van der Waals surface area contributed by atoms with Crippen molar-refractivity contribution in [1.29, 1.82) is 0 Å². The van der Waals surface area contributed by atoms with Gasteiger partial charge in [0.25, 0.3) is 5.91 Å². The second-order valence-electron chi connectivity index (χ2n) is 8.36. The fourth-order valence-electron chi connectivity index (χ4n) is 4.30. The van der Waals surface area contributed by atoms with Gasteiger partial charge in [0.1, 0.15) is 11.6 Å². The number of allylic oxidation sites excluding steroid dienone is 1. The fourth-order valence-corrected chi connectivity index (χ4v) is 5.21. The van der Waals surface area contributed by atoms with Crippen LogP contribution in [0.3, 0.4) is 0 Å². The Kier molecular flexibility index (Phi) is 6.98. The van der Waals surface area contributed by atoms with Gasteiger partial charge in [-0.05, 0) is 55.5 Å². The Balaban J connectivity index is 1.51. The van der Waals surface area contributed by atoms with E-state index in [1.807, 2.05) is 18.4 Å². The molecule has 186 valence electrons. The van der Waals surface area contributed by atoms with Crippen molar-refractivity contribution in [2.75, 3.05) is 17.7 Å². The summed E-state index contributed by atoms with van der Waals surface area (Å²) in [4.78, 5) is 26.9. The number of halogens is 4. The Labute approximate surface area is 203 Å². The van der Waals surface area contributed by atoms with Crippen LogP contribution in [0.2, 0.25) is 0 Å².